The van der Waals surface area contributed by atoms with Crippen LogP contribution in [-0.2, 0) is 24.4 Å². The van der Waals surface area contributed by atoms with Gasteiger partial charge in [-0.3, -0.25) is 15.1 Å². The minimum absolute atomic E-state index is 0.106. The number of amides is 1. The summed E-state index contributed by atoms with van der Waals surface area (Å²) in [5.74, 6) is 1.86. The number of hydrogen-bond donors (Lipinski definition) is 2. The second-order valence-corrected chi connectivity index (χ2v) is 8.54. The molecule has 1 aromatic heterocycles. The van der Waals surface area contributed by atoms with Crippen LogP contribution in [-0.4, -0.2) is 44.8 Å². The molecule has 1 fully saturated rings. The predicted molar refractivity (Wildman–Crippen MR) is 125 cm³/mol. The molecule has 0 saturated carbocycles. The number of carbonyl (C=O) groups is 1. The van der Waals surface area contributed by atoms with Crippen LogP contribution in [0.5, 0.6) is 0 Å². The topological polar surface area (TPSA) is 74.6 Å². The van der Waals surface area contributed by atoms with Crippen LogP contribution in [0.25, 0.3) is 0 Å². The fourth-order valence-corrected chi connectivity index (χ4v) is 4.51. The summed E-state index contributed by atoms with van der Waals surface area (Å²) >= 11 is 0. The smallest absolute Gasteiger partial charge is 0.242 e. The number of aryl methyl sites for hydroxylation is 1. The van der Waals surface area contributed by atoms with E-state index in [1.165, 1.54) is 5.56 Å². The lowest BCUT2D eigenvalue weighted by Crippen LogP contribution is -2.55. The molecule has 1 atom stereocenters. The Hall–Kier alpha value is -3.45. The molecule has 5 rings (SSSR count). The van der Waals surface area contributed by atoms with Gasteiger partial charge in [-0.15, -0.1) is 0 Å². The van der Waals surface area contributed by atoms with E-state index >= 15 is 0 Å². The molecule has 7 heteroatoms. The number of benzene rings is 2. The molecule has 2 aliphatic rings. The fourth-order valence-electron chi connectivity index (χ4n) is 4.51. The van der Waals surface area contributed by atoms with Crippen LogP contribution < -0.4 is 10.6 Å². The number of amidine groups is 1. The Morgan fingerprint density at radius 2 is 1.97 bits per heavy atom. The number of fused-ring (bicyclic) bond motifs is 1. The van der Waals surface area contributed by atoms with Crippen molar-refractivity contribution >= 4 is 17.4 Å². The van der Waals surface area contributed by atoms with E-state index in [1.807, 2.05) is 46.9 Å². The van der Waals surface area contributed by atoms with Crippen LogP contribution in [0.1, 0.15) is 23.4 Å². The number of likely N-dealkylation sites (tertiary alicyclic amines) is 1. The third-order valence-corrected chi connectivity index (χ3v) is 6.45. The minimum atomic E-state index is -0.395. The lowest BCUT2D eigenvalue weighted by molar-refractivity contribution is -0.130. The SMILES string of the molecule is Cc1nccn1CC(=O)N1CC[C@]2(C1)NCc1ccccc1NC2=NCc1ccccc1. The third kappa shape index (κ3) is 4.03. The summed E-state index contributed by atoms with van der Waals surface area (Å²) in [4.78, 5) is 24.3. The van der Waals surface area contributed by atoms with E-state index in [-0.39, 0.29) is 5.91 Å². The number of aliphatic imine (C=N–C) groups is 1. The summed E-state index contributed by atoms with van der Waals surface area (Å²) in [6.07, 6.45) is 4.40. The van der Waals surface area contributed by atoms with Crippen LogP contribution in [0, 0.1) is 6.92 Å². The van der Waals surface area contributed by atoms with E-state index < -0.39 is 5.54 Å². The van der Waals surface area contributed by atoms with Crippen molar-refractivity contribution in [3.63, 3.8) is 0 Å². The van der Waals surface area contributed by atoms with E-state index in [4.69, 9.17) is 4.99 Å². The maximum atomic E-state index is 13.1. The number of carbonyl (C=O) groups excluding carboxylic acids is 1. The van der Waals surface area contributed by atoms with Gasteiger partial charge in [-0.05, 0) is 30.5 Å². The van der Waals surface area contributed by atoms with Gasteiger partial charge < -0.3 is 14.8 Å². The van der Waals surface area contributed by atoms with Crippen molar-refractivity contribution in [3.8, 4) is 0 Å². The van der Waals surface area contributed by atoms with Gasteiger partial charge in [-0.1, -0.05) is 48.5 Å². The summed E-state index contributed by atoms with van der Waals surface area (Å²) in [7, 11) is 0. The third-order valence-electron chi connectivity index (χ3n) is 6.45. The average molecular weight is 429 g/mol. The molecule has 0 radical (unpaired) electrons. The van der Waals surface area contributed by atoms with E-state index in [0.717, 1.165) is 35.9 Å². The fraction of sp³-hybridized carbons (Fsp3) is 0.320. The first kappa shape index (κ1) is 20.5. The highest BCUT2D eigenvalue weighted by atomic mass is 16.2. The molecule has 1 saturated heterocycles. The Bertz CT molecular complexity index is 1140. The van der Waals surface area contributed by atoms with Crippen molar-refractivity contribution in [1.29, 1.82) is 0 Å². The zero-order valence-electron chi connectivity index (χ0n) is 18.3. The molecule has 2 N–H and O–H groups in total. The van der Waals surface area contributed by atoms with Crippen LogP contribution in [0.2, 0.25) is 0 Å². The van der Waals surface area contributed by atoms with Gasteiger partial charge in [-0.2, -0.15) is 0 Å². The summed E-state index contributed by atoms with van der Waals surface area (Å²) in [5, 5.41) is 7.36. The van der Waals surface area contributed by atoms with E-state index in [0.29, 0.717) is 26.2 Å². The van der Waals surface area contributed by atoms with Crippen molar-refractivity contribution in [1.82, 2.24) is 19.8 Å². The molecule has 32 heavy (non-hydrogen) atoms. The standard InChI is InChI=1S/C25H28N6O/c1-19-26-12-14-30(19)17-23(32)31-13-11-25(18-31)24(27-15-20-7-3-2-4-8-20)29-22-10-6-5-9-21(22)16-28-25/h2-10,12,14,28H,11,13,15-18H2,1H3,(H,27,29)/t25-/m1/s1. The number of anilines is 1. The lowest BCUT2D eigenvalue weighted by Gasteiger charge is -2.30. The Kier molecular flexibility index (Phi) is 5.49. The van der Waals surface area contributed by atoms with Gasteiger partial charge >= 0.3 is 0 Å². The molecular weight excluding hydrogens is 400 g/mol. The summed E-state index contributed by atoms with van der Waals surface area (Å²) < 4.78 is 1.90. The first-order valence-electron chi connectivity index (χ1n) is 11.1. The summed E-state index contributed by atoms with van der Waals surface area (Å²) in [6, 6.07) is 18.6. The minimum Gasteiger partial charge on any atom is -0.342 e. The first-order valence-corrected chi connectivity index (χ1v) is 11.1. The molecule has 164 valence electrons. The Morgan fingerprint density at radius 3 is 2.78 bits per heavy atom. The number of nitrogens with one attached hydrogen (secondary N) is 2. The number of hydrogen-bond acceptors (Lipinski definition) is 4. The number of rotatable bonds is 4. The molecule has 2 aromatic carbocycles. The number of nitrogens with zero attached hydrogens (tertiary/aromatic N) is 4. The largest absolute Gasteiger partial charge is 0.342 e. The average Bonchev–Trinajstić information content (AvgIpc) is 3.39. The Labute approximate surface area is 188 Å². The van der Waals surface area contributed by atoms with Crippen LogP contribution >= 0.6 is 0 Å². The maximum Gasteiger partial charge on any atom is 0.242 e. The van der Waals surface area contributed by atoms with Gasteiger partial charge in [-0.25, -0.2) is 4.98 Å². The number of aromatic nitrogens is 2. The molecule has 7 nitrogen and oxygen atoms in total. The van der Waals surface area contributed by atoms with Gasteiger partial charge in [0, 0.05) is 37.7 Å². The van der Waals surface area contributed by atoms with Gasteiger partial charge in [0.25, 0.3) is 0 Å². The molecular formula is C25H28N6O. The van der Waals surface area contributed by atoms with Crippen molar-refractivity contribution in [3.05, 3.63) is 83.9 Å². The second-order valence-electron chi connectivity index (χ2n) is 8.54. The molecule has 1 spiro atoms. The van der Waals surface area contributed by atoms with Crippen LogP contribution in [0.15, 0.2) is 72.0 Å². The first-order chi connectivity index (χ1) is 15.6. The number of imidazole rings is 1. The number of para-hydroxylation sites is 1. The highest BCUT2D eigenvalue weighted by Crippen LogP contribution is 2.30. The van der Waals surface area contributed by atoms with Crippen LogP contribution in [0.3, 0.4) is 0 Å². The Balaban J connectivity index is 1.41. The molecule has 1 amide bonds. The molecule has 3 aromatic rings. The normalized spacial score (nSPS) is 21.4. The zero-order valence-corrected chi connectivity index (χ0v) is 18.3. The van der Waals surface area contributed by atoms with Crippen molar-refractivity contribution in [2.45, 2.75) is 38.5 Å². The zero-order chi connectivity index (χ0) is 22.0. The van der Waals surface area contributed by atoms with Gasteiger partial charge in [0.2, 0.25) is 5.91 Å². The van der Waals surface area contributed by atoms with E-state index in [9.17, 15) is 4.79 Å². The van der Waals surface area contributed by atoms with Gasteiger partial charge in [0.15, 0.2) is 0 Å². The van der Waals surface area contributed by atoms with Crippen molar-refractivity contribution in [2.75, 3.05) is 18.4 Å². The molecule has 3 heterocycles. The van der Waals surface area contributed by atoms with Gasteiger partial charge in [0.05, 0.1) is 12.1 Å². The lowest BCUT2D eigenvalue weighted by atomic mass is 9.96. The molecule has 0 aliphatic carbocycles. The maximum absolute atomic E-state index is 13.1. The summed E-state index contributed by atoms with van der Waals surface area (Å²) in [6.45, 7) is 4.84. The second kappa shape index (κ2) is 8.59. The highest BCUT2D eigenvalue weighted by molar-refractivity contribution is 6.04. The Morgan fingerprint density at radius 1 is 1.16 bits per heavy atom. The molecule has 2 aliphatic heterocycles. The monoisotopic (exact) mass is 428 g/mol. The quantitative estimate of drug-likeness (QED) is 0.670. The van der Waals surface area contributed by atoms with E-state index in [2.05, 4.69) is 45.9 Å². The summed E-state index contributed by atoms with van der Waals surface area (Å²) in [5.41, 5.74) is 3.04. The van der Waals surface area contributed by atoms with Crippen molar-refractivity contribution in [2.24, 2.45) is 4.99 Å². The van der Waals surface area contributed by atoms with Crippen molar-refractivity contribution < 1.29 is 4.79 Å². The van der Waals surface area contributed by atoms with E-state index in [1.54, 1.807) is 6.20 Å². The predicted octanol–water partition coefficient (Wildman–Crippen LogP) is 2.98. The van der Waals surface area contributed by atoms with Gasteiger partial charge in [0.1, 0.15) is 18.2 Å². The molecule has 0 bridgehead atoms. The highest BCUT2D eigenvalue weighted by Gasteiger charge is 2.45. The molecule has 0 unspecified atom stereocenters. The van der Waals surface area contributed by atoms with Crippen LogP contribution in [0.4, 0.5) is 5.69 Å².